The van der Waals surface area contributed by atoms with Gasteiger partial charge in [0.2, 0.25) is 0 Å². The molecule has 6 nitrogen and oxygen atoms in total. The lowest BCUT2D eigenvalue weighted by Gasteiger charge is -2.35. The summed E-state index contributed by atoms with van der Waals surface area (Å²) in [4.78, 5) is 5.05. The van der Waals surface area contributed by atoms with Gasteiger partial charge in [-0.25, -0.2) is 0 Å². The molecule has 0 amide bonds. The number of furan rings is 1. The van der Waals surface area contributed by atoms with Gasteiger partial charge in [0.05, 0.1) is 32.2 Å². The Kier molecular flexibility index (Phi) is 4.67. The standard InChI is InChI=1S/C19H28N4O2/c1-16-9-23(12-18-4-3-6-25-18)14-19(16)13-22(5-7-24-15-19)11-17-8-20-21(2)10-17/h3-4,6,8,10,16H,5,7,9,11-15H2,1-2H3/t16-,19-/m0/s1. The molecule has 1 spiro atoms. The van der Waals surface area contributed by atoms with Gasteiger partial charge in [-0.2, -0.15) is 5.10 Å². The lowest BCUT2D eigenvalue weighted by Crippen LogP contribution is -2.43. The molecule has 2 fully saturated rings. The number of aromatic nitrogens is 2. The number of aryl methyl sites for hydroxylation is 1. The van der Waals surface area contributed by atoms with Crippen molar-refractivity contribution in [2.45, 2.75) is 20.0 Å². The highest BCUT2D eigenvalue weighted by atomic mass is 16.5. The zero-order valence-corrected chi connectivity index (χ0v) is 15.2. The van der Waals surface area contributed by atoms with E-state index in [1.54, 1.807) is 6.26 Å². The van der Waals surface area contributed by atoms with Crippen LogP contribution in [0, 0.1) is 11.3 Å². The lowest BCUT2D eigenvalue weighted by atomic mass is 9.79. The summed E-state index contributed by atoms with van der Waals surface area (Å²) in [5.41, 5.74) is 1.48. The summed E-state index contributed by atoms with van der Waals surface area (Å²) in [5.74, 6) is 1.66. The Morgan fingerprint density at radius 3 is 2.92 bits per heavy atom. The van der Waals surface area contributed by atoms with E-state index in [0.29, 0.717) is 5.92 Å². The van der Waals surface area contributed by atoms with Gasteiger partial charge in [-0.3, -0.25) is 14.5 Å². The molecule has 2 saturated heterocycles. The van der Waals surface area contributed by atoms with Crippen molar-refractivity contribution in [3.8, 4) is 0 Å². The molecule has 0 saturated carbocycles. The molecular formula is C19H28N4O2. The van der Waals surface area contributed by atoms with Gasteiger partial charge in [0.25, 0.3) is 0 Å². The van der Waals surface area contributed by atoms with E-state index in [1.165, 1.54) is 5.56 Å². The summed E-state index contributed by atoms with van der Waals surface area (Å²) in [6.07, 6.45) is 5.84. The Labute approximate surface area is 149 Å². The molecule has 25 heavy (non-hydrogen) atoms. The van der Waals surface area contributed by atoms with E-state index in [9.17, 15) is 0 Å². The van der Waals surface area contributed by atoms with Gasteiger partial charge in [-0.15, -0.1) is 0 Å². The van der Waals surface area contributed by atoms with Gasteiger partial charge in [0, 0.05) is 56.9 Å². The molecule has 0 bridgehead atoms. The summed E-state index contributed by atoms with van der Waals surface area (Å²) < 4.78 is 13.5. The molecule has 2 aromatic heterocycles. The number of hydrogen-bond donors (Lipinski definition) is 0. The highest BCUT2D eigenvalue weighted by Crippen LogP contribution is 2.39. The Hall–Kier alpha value is -1.63. The highest BCUT2D eigenvalue weighted by molar-refractivity contribution is 5.06. The average Bonchev–Trinajstić information content (AvgIpc) is 3.24. The minimum Gasteiger partial charge on any atom is -0.468 e. The van der Waals surface area contributed by atoms with Crippen LogP contribution in [-0.4, -0.2) is 59.0 Å². The Morgan fingerprint density at radius 2 is 2.16 bits per heavy atom. The van der Waals surface area contributed by atoms with Gasteiger partial charge < -0.3 is 9.15 Å². The van der Waals surface area contributed by atoms with E-state index >= 15 is 0 Å². The van der Waals surface area contributed by atoms with Crippen LogP contribution in [0.5, 0.6) is 0 Å². The van der Waals surface area contributed by atoms with Crippen molar-refractivity contribution in [2.24, 2.45) is 18.4 Å². The molecule has 4 heterocycles. The molecule has 2 aliphatic heterocycles. The topological polar surface area (TPSA) is 46.7 Å². The van der Waals surface area contributed by atoms with E-state index in [2.05, 4.69) is 34.1 Å². The molecule has 0 aromatic carbocycles. The first-order valence-electron chi connectivity index (χ1n) is 9.15. The second-order valence-corrected chi connectivity index (χ2v) is 7.80. The summed E-state index contributed by atoms with van der Waals surface area (Å²) in [6.45, 7) is 10.1. The third-order valence-corrected chi connectivity index (χ3v) is 5.72. The third kappa shape index (κ3) is 3.66. The summed E-state index contributed by atoms with van der Waals surface area (Å²) >= 11 is 0. The van der Waals surface area contributed by atoms with Crippen molar-refractivity contribution < 1.29 is 9.15 Å². The first kappa shape index (κ1) is 16.8. The maximum absolute atomic E-state index is 6.05. The van der Waals surface area contributed by atoms with E-state index in [4.69, 9.17) is 9.15 Å². The van der Waals surface area contributed by atoms with Crippen LogP contribution in [0.25, 0.3) is 0 Å². The molecule has 2 aliphatic rings. The van der Waals surface area contributed by atoms with Gasteiger partial charge in [0.15, 0.2) is 0 Å². The average molecular weight is 344 g/mol. The molecule has 6 heteroatoms. The Bertz CT molecular complexity index is 683. The normalized spacial score (nSPS) is 28.6. The van der Waals surface area contributed by atoms with Crippen LogP contribution in [0.1, 0.15) is 18.2 Å². The molecule has 0 radical (unpaired) electrons. The first-order chi connectivity index (χ1) is 12.1. The molecule has 0 N–H and O–H groups in total. The van der Waals surface area contributed by atoms with Crippen LogP contribution >= 0.6 is 0 Å². The van der Waals surface area contributed by atoms with E-state index in [-0.39, 0.29) is 5.41 Å². The van der Waals surface area contributed by atoms with Crippen LogP contribution in [0.4, 0.5) is 0 Å². The maximum Gasteiger partial charge on any atom is 0.117 e. The highest BCUT2D eigenvalue weighted by Gasteiger charge is 2.46. The van der Waals surface area contributed by atoms with Gasteiger partial charge in [-0.1, -0.05) is 6.92 Å². The monoisotopic (exact) mass is 344 g/mol. The fourth-order valence-corrected chi connectivity index (χ4v) is 4.37. The van der Waals surface area contributed by atoms with E-state index < -0.39 is 0 Å². The zero-order chi connectivity index (χ0) is 17.3. The molecule has 136 valence electrons. The largest absolute Gasteiger partial charge is 0.468 e. The number of likely N-dealkylation sites (tertiary alicyclic amines) is 1. The molecule has 2 atom stereocenters. The molecular weight excluding hydrogens is 316 g/mol. The summed E-state index contributed by atoms with van der Waals surface area (Å²) in [6, 6.07) is 4.03. The van der Waals surface area contributed by atoms with Crippen molar-refractivity contribution >= 4 is 0 Å². The van der Waals surface area contributed by atoms with Crippen LogP contribution in [-0.2, 0) is 24.9 Å². The number of ether oxygens (including phenoxy) is 1. The SMILES string of the molecule is C[C@H]1CN(Cc2ccco2)C[C@@]12COCCN(Cc1cnn(C)c1)C2. The predicted molar refractivity (Wildman–Crippen MR) is 94.9 cm³/mol. The van der Waals surface area contributed by atoms with Gasteiger partial charge in [0.1, 0.15) is 5.76 Å². The van der Waals surface area contributed by atoms with Gasteiger partial charge in [-0.05, 0) is 18.1 Å². The smallest absolute Gasteiger partial charge is 0.117 e. The Morgan fingerprint density at radius 1 is 1.28 bits per heavy atom. The first-order valence-corrected chi connectivity index (χ1v) is 9.15. The van der Waals surface area contributed by atoms with Crippen LogP contribution in [0.3, 0.4) is 0 Å². The molecule has 2 aromatic rings. The maximum atomic E-state index is 6.05. The van der Waals surface area contributed by atoms with Crippen LogP contribution in [0.15, 0.2) is 35.2 Å². The zero-order valence-electron chi connectivity index (χ0n) is 15.2. The van der Waals surface area contributed by atoms with Crippen molar-refractivity contribution in [2.75, 3.05) is 39.4 Å². The number of hydrogen-bond acceptors (Lipinski definition) is 5. The van der Waals surface area contributed by atoms with E-state index in [0.717, 1.165) is 58.2 Å². The van der Waals surface area contributed by atoms with Crippen molar-refractivity contribution in [1.82, 2.24) is 19.6 Å². The quantitative estimate of drug-likeness (QED) is 0.849. The second-order valence-electron chi connectivity index (χ2n) is 7.80. The minimum absolute atomic E-state index is 0.200. The predicted octanol–water partition coefficient (Wildman–Crippen LogP) is 1.98. The van der Waals surface area contributed by atoms with Crippen molar-refractivity contribution in [3.05, 3.63) is 42.1 Å². The van der Waals surface area contributed by atoms with Crippen LogP contribution in [0.2, 0.25) is 0 Å². The van der Waals surface area contributed by atoms with Crippen LogP contribution < -0.4 is 0 Å². The Balaban J connectivity index is 1.45. The van der Waals surface area contributed by atoms with E-state index in [1.807, 2.05) is 24.0 Å². The summed E-state index contributed by atoms with van der Waals surface area (Å²) in [7, 11) is 1.97. The molecule has 4 rings (SSSR count). The van der Waals surface area contributed by atoms with Gasteiger partial charge >= 0.3 is 0 Å². The summed E-state index contributed by atoms with van der Waals surface area (Å²) in [5, 5.41) is 4.30. The molecule has 0 unspecified atom stereocenters. The van der Waals surface area contributed by atoms with Crippen molar-refractivity contribution in [3.63, 3.8) is 0 Å². The third-order valence-electron chi connectivity index (χ3n) is 5.72. The fraction of sp³-hybridized carbons (Fsp3) is 0.632. The second kappa shape index (κ2) is 6.94. The van der Waals surface area contributed by atoms with Crippen molar-refractivity contribution in [1.29, 1.82) is 0 Å². The molecule has 0 aliphatic carbocycles. The number of nitrogens with zero attached hydrogens (tertiary/aromatic N) is 4. The number of rotatable bonds is 4. The lowest BCUT2D eigenvalue weighted by molar-refractivity contribution is 0.0497. The fourth-order valence-electron chi connectivity index (χ4n) is 4.37. The minimum atomic E-state index is 0.200.